The van der Waals surface area contributed by atoms with Crippen LogP contribution in [0.5, 0.6) is 0 Å². The summed E-state index contributed by atoms with van der Waals surface area (Å²) in [5.41, 5.74) is 3.23. The molecular formula is C21H25ClN4O2. The first-order valence-corrected chi connectivity index (χ1v) is 9.87. The molecule has 2 N–H and O–H groups in total. The van der Waals surface area contributed by atoms with Crippen LogP contribution in [0.3, 0.4) is 0 Å². The van der Waals surface area contributed by atoms with Crippen molar-refractivity contribution in [1.82, 2.24) is 15.3 Å². The van der Waals surface area contributed by atoms with E-state index < -0.39 is 6.09 Å². The van der Waals surface area contributed by atoms with Gasteiger partial charge in [-0.25, -0.2) is 9.78 Å². The Kier molecular flexibility index (Phi) is 7.25. The molecule has 2 aromatic rings. The van der Waals surface area contributed by atoms with Crippen LogP contribution in [0.25, 0.3) is 0 Å². The number of alkyl carbamates (subject to hydrolysis) is 1. The first-order chi connectivity index (χ1) is 13.6. The van der Waals surface area contributed by atoms with Crippen LogP contribution in [0, 0.1) is 5.92 Å². The van der Waals surface area contributed by atoms with Crippen molar-refractivity contribution >= 4 is 23.4 Å². The monoisotopic (exact) mass is 400 g/mol. The number of aromatic nitrogens is 2. The number of H-pyrrole nitrogens is 1. The zero-order valence-corrected chi connectivity index (χ0v) is 16.7. The molecule has 1 aromatic heterocycles. The summed E-state index contributed by atoms with van der Waals surface area (Å²) in [7, 11) is 0. The lowest BCUT2D eigenvalue weighted by atomic mass is 9.83. The molecule has 1 aromatic carbocycles. The molecule has 0 aliphatic carbocycles. The summed E-state index contributed by atoms with van der Waals surface area (Å²) in [5.74, 6) is 0.495. The number of aliphatic imine (C=N–C) groups is 1. The van der Waals surface area contributed by atoms with Crippen molar-refractivity contribution in [2.75, 3.05) is 13.2 Å². The van der Waals surface area contributed by atoms with Crippen LogP contribution in [0.2, 0.25) is 5.02 Å². The molecule has 2 unspecified atom stereocenters. The molecule has 0 bridgehead atoms. The van der Waals surface area contributed by atoms with Gasteiger partial charge in [-0.05, 0) is 36.5 Å². The Morgan fingerprint density at radius 2 is 2.21 bits per heavy atom. The minimum Gasteiger partial charge on any atom is -0.449 e. The molecule has 1 amide bonds. The number of carbonyl (C=O) groups is 1. The van der Waals surface area contributed by atoms with E-state index in [-0.39, 0.29) is 5.92 Å². The summed E-state index contributed by atoms with van der Waals surface area (Å²) in [5, 5.41) is 3.55. The van der Waals surface area contributed by atoms with Gasteiger partial charge in [0, 0.05) is 47.7 Å². The van der Waals surface area contributed by atoms with E-state index in [4.69, 9.17) is 16.3 Å². The number of halogens is 1. The van der Waals surface area contributed by atoms with E-state index in [0.717, 1.165) is 29.8 Å². The number of allylic oxidation sites excluding steroid dienone is 1. The Morgan fingerprint density at radius 1 is 1.39 bits per heavy atom. The minimum absolute atomic E-state index is 0.127. The fourth-order valence-electron chi connectivity index (χ4n) is 3.31. The molecule has 3 rings (SSSR count). The zero-order chi connectivity index (χ0) is 19.8. The highest BCUT2D eigenvalue weighted by molar-refractivity contribution is 6.30. The summed E-state index contributed by atoms with van der Waals surface area (Å²) in [6, 6.07) is 7.85. The van der Waals surface area contributed by atoms with Crippen LogP contribution >= 0.6 is 11.6 Å². The second kappa shape index (κ2) is 10.1. The number of benzene rings is 1. The summed E-state index contributed by atoms with van der Waals surface area (Å²) in [6.07, 6.45) is 9.21. The third kappa shape index (κ3) is 5.70. The van der Waals surface area contributed by atoms with Gasteiger partial charge in [0.25, 0.3) is 0 Å². The Hall–Kier alpha value is -2.60. The van der Waals surface area contributed by atoms with Crippen molar-refractivity contribution in [2.45, 2.75) is 32.1 Å². The maximum atomic E-state index is 12.0. The average molecular weight is 401 g/mol. The molecule has 2 atom stereocenters. The number of rotatable bonds is 8. The third-order valence-electron chi connectivity index (χ3n) is 4.81. The molecule has 0 fully saturated rings. The number of aromatic amines is 1. The topological polar surface area (TPSA) is 79.4 Å². The van der Waals surface area contributed by atoms with Gasteiger partial charge in [0.2, 0.25) is 0 Å². The highest BCUT2D eigenvalue weighted by Gasteiger charge is 2.24. The van der Waals surface area contributed by atoms with E-state index >= 15 is 0 Å². The predicted octanol–water partition coefficient (Wildman–Crippen LogP) is 4.50. The third-order valence-corrected chi connectivity index (χ3v) is 5.07. The van der Waals surface area contributed by atoms with Crippen LogP contribution in [0.15, 0.2) is 54.1 Å². The van der Waals surface area contributed by atoms with Gasteiger partial charge in [0.15, 0.2) is 0 Å². The van der Waals surface area contributed by atoms with Crippen molar-refractivity contribution in [2.24, 2.45) is 10.9 Å². The average Bonchev–Trinajstić information content (AvgIpc) is 3.20. The molecule has 6 nitrogen and oxygen atoms in total. The van der Waals surface area contributed by atoms with Crippen LogP contribution < -0.4 is 5.32 Å². The quantitative estimate of drug-likeness (QED) is 0.684. The Morgan fingerprint density at radius 3 is 2.93 bits per heavy atom. The molecule has 28 heavy (non-hydrogen) atoms. The predicted molar refractivity (Wildman–Crippen MR) is 111 cm³/mol. The van der Waals surface area contributed by atoms with Crippen LogP contribution in [0.4, 0.5) is 4.79 Å². The highest BCUT2D eigenvalue weighted by Crippen LogP contribution is 2.29. The van der Waals surface area contributed by atoms with E-state index in [1.54, 1.807) is 12.5 Å². The Labute approximate surface area is 170 Å². The van der Waals surface area contributed by atoms with Gasteiger partial charge in [0.1, 0.15) is 0 Å². The lowest BCUT2D eigenvalue weighted by Crippen LogP contribution is -2.30. The van der Waals surface area contributed by atoms with Crippen molar-refractivity contribution in [3.63, 3.8) is 0 Å². The molecule has 0 saturated heterocycles. The summed E-state index contributed by atoms with van der Waals surface area (Å²) >= 11 is 6.04. The second-order valence-corrected chi connectivity index (χ2v) is 7.29. The van der Waals surface area contributed by atoms with Crippen LogP contribution in [-0.4, -0.2) is 34.9 Å². The zero-order valence-electron chi connectivity index (χ0n) is 15.9. The molecule has 7 heteroatoms. The molecule has 0 radical (unpaired) electrons. The maximum Gasteiger partial charge on any atom is 0.407 e. The molecular weight excluding hydrogens is 376 g/mol. The van der Waals surface area contributed by atoms with E-state index in [0.29, 0.717) is 30.5 Å². The van der Waals surface area contributed by atoms with Crippen molar-refractivity contribution < 1.29 is 9.53 Å². The van der Waals surface area contributed by atoms with Gasteiger partial charge in [-0.15, -0.1) is 0 Å². The number of ether oxygens (including phenoxy) is 1. The molecule has 0 saturated carbocycles. The number of hydrogen-bond acceptors (Lipinski definition) is 4. The van der Waals surface area contributed by atoms with E-state index in [2.05, 4.69) is 33.3 Å². The number of carbonyl (C=O) groups excluding carboxylic acids is 1. The standard InChI is InChI=1S/C21H25ClN4O2/c1-15-3-2-10-24-20(15)19(16-4-6-17(22)7-5-16)8-11-25-21(27)28-12-9-18-13-23-14-26-18/h2,4-7,10,13-15,19H,3,8-9,11-12H2,1H3,(H,23,26)(H,25,27). The van der Waals surface area contributed by atoms with Gasteiger partial charge >= 0.3 is 6.09 Å². The number of imidazole rings is 1. The first-order valence-electron chi connectivity index (χ1n) is 9.49. The van der Waals surface area contributed by atoms with Gasteiger partial charge in [-0.1, -0.05) is 36.7 Å². The van der Waals surface area contributed by atoms with Gasteiger partial charge in [0.05, 0.1) is 12.9 Å². The van der Waals surface area contributed by atoms with Gasteiger partial charge in [-0.3, -0.25) is 4.99 Å². The molecule has 1 aliphatic rings. The number of amides is 1. The van der Waals surface area contributed by atoms with Crippen molar-refractivity contribution in [3.05, 3.63) is 65.3 Å². The minimum atomic E-state index is -0.409. The van der Waals surface area contributed by atoms with E-state index in [9.17, 15) is 4.79 Å². The van der Waals surface area contributed by atoms with E-state index in [1.807, 2.05) is 30.5 Å². The lowest BCUT2D eigenvalue weighted by molar-refractivity contribution is 0.147. The van der Waals surface area contributed by atoms with Gasteiger partial charge in [-0.2, -0.15) is 0 Å². The fraction of sp³-hybridized carbons (Fsp3) is 0.381. The molecule has 2 heterocycles. The maximum absolute atomic E-state index is 12.0. The Balaban J connectivity index is 1.54. The van der Waals surface area contributed by atoms with Crippen LogP contribution in [0.1, 0.15) is 36.9 Å². The molecule has 148 valence electrons. The van der Waals surface area contributed by atoms with E-state index in [1.165, 1.54) is 0 Å². The number of nitrogens with zero attached hydrogens (tertiary/aromatic N) is 2. The second-order valence-electron chi connectivity index (χ2n) is 6.86. The summed E-state index contributed by atoms with van der Waals surface area (Å²) in [6.45, 7) is 3.00. The molecule has 1 aliphatic heterocycles. The highest BCUT2D eigenvalue weighted by atomic mass is 35.5. The lowest BCUT2D eigenvalue weighted by Gasteiger charge is -2.25. The number of nitrogens with one attached hydrogen (secondary N) is 2. The van der Waals surface area contributed by atoms with Crippen molar-refractivity contribution in [3.8, 4) is 0 Å². The normalized spacial score (nSPS) is 17.1. The summed E-state index contributed by atoms with van der Waals surface area (Å²) < 4.78 is 5.23. The fourth-order valence-corrected chi connectivity index (χ4v) is 3.44. The number of hydrogen-bond donors (Lipinski definition) is 2. The SMILES string of the molecule is CC1CC=CN=C1C(CCNC(=O)OCCc1cnc[nH]1)c1ccc(Cl)cc1. The Bertz CT molecular complexity index is 815. The smallest absolute Gasteiger partial charge is 0.407 e. The summed E-state index contributed by atoms with van der Waals surface area (Å²) in [4.78, 5) is 23.5. The van der Waals surface area contributed by atoms with Crippen LogP contribution in [-0.2, 0) is 11.2 Å². The van der Waals surface area contributed by atoms with Crippen molar-refractivity contribution in [1.29, 1.82) is 0 Å². The molecule has 0 spiro atoms. The van der Waals surface area contributed by atoms with Gasteiger partial charge < -0.3 is 15.0 Å². The largest absolute Gasteiger partial charge is 0.449 e. The first kappa shape index (κ1) is 20.1.